The summed E-state index contributed by atoms with van der Waals surface area (Å²) in [6, 6.07) is 20.9. The number of carbonyl (C=O) groups is 3. The highest BCUT2D eigenvalue weighted by molar-refractivity contribution is 6.04. The van der Waals surface area contributed by atoms with Gasteiger partial charge in [0.15, 0.2) is 5.78 Å². The molecule has 0 fully saturated rings. The van der Waals surface area contributed by atoms with Crippen molar-refractivity contribution in [1.82, 2.24) is 0 Å². The first-order valence-corrected chi connectivity index (χ1v) is 12.4. The molecular formula is C29H34N2O5. The summed E-state index contributed by atoms with van der Waals surface area (Å²) in [7, 11) is 0. The van der Waals surface area contributed by atoms with Crippen LogP contribution in [0.1, 0.15) is 44.1 Å². The standard InChI is InChI=1S/C29H34N2O5/c32-19-18-31(27-12-7-9-23-8-5-6-11-26(23)27)29(36)20-22-14-16-24(17-15-22)30-28(35)13-4-2-1-3-10-25(34)21-33/h5-9,11-12,14-17,32-33H,1-4,10,13,18-21H2,(H,30,35). The number of nitrogens with one attached hydrogen (secondary N) is 1. The Morgan fingerprint density at radius 1 is 0.778 bits per heavy atom. The van der Waals surface area contributed by atoms with Gasteiger partial charge in [0.05, 0.1) is 18.7 Å². The Labute approximate surface area is 211 Å². The van der Waals surface area contributed by atoms with Crippen LogP contribution in [-0.2, 0) is 20.8 Å². The largest absolute Gasteiger partial charge is 0.395 e. The van der Waals surface area contributed by atoms with E-state index in [2.05, 4.69) is 5.32 Å². The van der Waals surface area contributed by atoms with Crippen molar-refractivity contribution in [2.24, 2.45) is 0 Å². The lowest BCUT2D eigenvalue weighted by atomic mass is 10.1. The van der Waals surface area contributed by atoms with Crippen LogP contribution in [-0.4, -0.2) is 47.6 Å². The summed E-state index contributed by atoms with van der Waals surface area (Å²) in [4.78, 5) is 38.1. The Bertz CT molecular complexity index is 1150. The highest BCUT2D eigenvalue weighted by Gasteiger charge is 2.18. The van der Waals surface area contributed by atoms with Crippen LogP contribution in [0.15, 0.2) is 66.7 Å². The molecule has 0 spiro atoms. The summed E-state index contributed by atoms with van der Waals surface area (Å²) in [6.07, 6.45) is 4.14. The van der Waals surface area contributed by atoms with Crippen molar-refractivity contribution in [1.29, 1.82) is 0 Å². The topological polar surface area (TPSA) is 107 Å². The van der Waals surface area contributed by atoms with E-state index in [0.717, 1.165) is 47.7 Å². The Morgan fingerprint density at radius 3 is 2.19 bits per heavy atom. The van der Waals surface area contributed by atoms with E-state index in [1.54, 1.807) is 17.0 Å². The number of rotatable bonds is 14. The third-order valence-corrected chi connectivity index (χ3v) is 6.06. The van der Waals surface area contributed by atoms with Gasteiger partial charge < -0.3 is 20.4 Å². The van der Waals surface area contributed by atoms with Crippen molar-refractivity contribution in [2.45, 2.75) is 44.9 Å². The molecule has 0 aliphatic rings. The number of hydrogen-bond acceptors (Lipinski definition) is 5. The minimum absolute atomic E-state index is 0.0738. The first-order chi connectivity index (χ1) is 17.5. The molecule has 7 heteroatoms. The molecule has 190 valence electrons. The van der Waals surface area contributed by atoms with E-state index in [1.165, 1.54) is 0 Å². The highest BCUT2D eigenvalue weighted by atomic mass is 16.3. The number of benzene rings is 3. The molecule has 3 rings (SSSR count). The predicted molar refractivity (Wildman–Crippen MR) is 142 cm³/mol. The predicted octanol–water partition coefficient (Wildman–Crippen LogP) is 4.25. The average molecular weight is 491 g/mol. The van der Waals surface area contributed by atoms with Crippen molar-refractivity contribution in [3.63, 3.8) is 0 Å². The summed E-state index contributed by atoms with van der Waals surface area (Å²) >= 11 is 0. The summed E-state index contributed by atoms with van der Waals surface area (Å²) in [6.45, 7) is -0.333. The number of Topliss-reactive ketones (excluding diaryl/α,β-unsaturated/α-hetero) is 1. The van der Waals surface area contributed by atoms with Gasteiger partial charge in [-0.1, -0.05) is 61.4 Å². The van der Waals surface area contributed by atoms with Gasteiger partial charge in [0, 0.05) is 30.5 Å². The quantitative estimate of drug-likeness (QED) is 0.293. The fourth-order valence-electron chi connectivity index (χ4n) is 4.16. The van der Waals surface area contributed by atoms with Crippen LogP contribution in [0.2, 0.25) is 0 Å². The van der Waals surface area contributed by atoms with Crippen molar-refractivity contribution in [3.05, 3.63) is 72.3 Å². The second-order valence-electron chi connectivity index (χ2n) is 8.80. The number of unbranched alkanes of at least 4 members (excludes halogenated alkanes) is 3. The lowest BCUT2D eigenvalue weighted by molar-refractivity contribution is -0.122. The van der Waals surface area contributed by atoms with Gasteiger partial charge in [0.2, 0.25) is 11.8 Å². The number of aliphatic hydroxyl groups is 2. The third-order valence-electron chi connectivity index (χ3n) is 6.06. The van der Waals surface area contributed by atoms with E-state index in [0.29, 0.717) is 18.5 Å². The molecule has 3 aromatic rings. The molecule has 7 nitrogen and oxygen atoms in total. The van der Waals surface area contributed by atoms with Gasteiger partial charge in [-0.05, 0) is 42.0 Å². The molecule has 0 atom stereocenters. The molecular weight excluding hydrogens is 456 g/mol. The van der Waals surface area contributed by atoms with Crippen molar-refractivity contribution >= 4 is 39.7 Å². The molecule has 0 radical (unpaired) electrons. The van der Waals surface area contributed by atoms with Crippen LogP contribution in [0.5, 0.6) is 0 Å². The second kappa shape index (κ2) is 14.1. The maximum atomic E-state index is 13.2. The Balaban J connectivity index is 1.51. The van der Waals surface area contributed by atoms with Gasteiger partial charge in [0.25, 0.3) is 0 Å². The highest BCUT2D eigenvalue weighted by Crippen LogP contribution is 2.27. The summed E-state index contributed by atoms with van der Waals surface area (Å²) in [5.74, 6) is -0.333. The maximum Gasteiger partial charge on any atom is 0.231 e. The minimum atomic E-state index is -0.402. The van der Waals surface area contributed by atoms with E-state index in [-0.39, 0.29) is 37.2 Å². The third kappa shape index (κ3) is 8.00. The first-order valence-electron chi connectivity index (χ1n) is 12.4. The van der Waals surface area contributed by atoms with E-state index in [4.69, 9.17) is 5.11 Å². The second-order valence-corrected chi connectivity index (χ2v) is 8.80. The number of ketones is 1. The Kier molecular flexibility index (Phi) is 10.6. The smallest absolute Gasteiger partial charge is 0.231 e. The van der Waals surface area contributed by atoms with Crippen LogP contribution in [0.3, 0.4) is 0 Å². The van der Waals surface area contributed by atoms with Crippen LogP contribution in [0.4, 0.5) is 11.4 Å². The van der Waals surface area contributed by atoms with Gasteiger partial charge in [-0.15, -0.1) is 0 Å². The monoisotopic (exact) mass is 490 g/mol. The van der Waals surface area contributed by atoms with Crippen LogP contribution < -0.4 is 10.2 Å². The molecule has 0 saturated carbocycles. The number of nitrogens with zero attached hydrogens (tertiary/aromatic N) is 1. The van der Waals surface area contributed by atoms with Crippen LogP contribution >= 0.6 is 0 Å². The van der Waals surface area contributed by atoms with Crippen LogP contribution in [0, 0.1) is 0 Å². The van der Waals surface area contributed by atoms with E-state index < -0.39 is 6.61 Å². The molecule has 0 bridgehead atoms. The number of amides is 2. The van der Waals surface area contributed by atoms with Gasteiger partial charge in [-0.2, -0.15) is 0 Å². The molecule has 2 amide bonds. The number of aliphatic hydroxyl groups excluding tert-OH is 2. The van der Waals surface area contributed by atoms with Gasteiger partial charge in [0.1, 0.15) is 6.61 Å². The zero-order valence-corrected chi connectivity index (χ0v) is 20.5. The van der Waals surface area contributed by atoms with Gasteiger partial charge >= 0.3 is 0 Å². The Morgan fingerprint density at radius 2 is 1.47 bits per heavy atom. The number of fused-ring (bicyclic) bond motifs is 1. The molecule has 3 aromatic carbocycles. The fraction of sp³-hybridized carbons (Fsp3) is 0.345. The molecule has 0 saturated heterocycles. The molecule has 0 unspecified atom stereocenters. The van der Waals surface area contributed by atoms with Crippen molar-refractivity contribution < 1.29 is 24.6 Å². The summed E-state index contributed by atoms with van der Waals surface area (Å²) in [5, 5.41) is 23.2. The lowest BCUT2D eigenvalue weighted by Crippen LogP contribution is -2.34. The van der Waals surface area contributed by atoms with Gasteiger partial charge in [-0.3, -0.25) is 14.4 Å². The summed E-state index contributed by atoms with van der Waals surface area (Å²) < 4.78 is 0. The molecule has 0 aliphatic heterocycles. The number of carbonyl (C=O) groups excluding carboxylic acids is 3. The van der Waals surface area contributed by atoms with Crippen LogP contribution in [0.25, 0.3) is 10.8 Å². The Hall–Kier alpha value is -3.55. The van der Waals surface area contributed by atoms with E-state index >= 15 is 0 Å². The zero-order valence-electron chi connectivity index (χ0n) is 20.5. The number of hydrogen-bond donors (Lipinski definition) is 3. The summed E-state index contributed by atoms with van der Waals surface area (Å²) in [5.41, 5.74) is 2.26. The maximum absolute atomic E-state index is 13.2. The SMILES string of the molecule is O=C(CO)CCCCCCC(=O)Nc1ccc(CC(=O)N(CCO)c2cccc3ccccc23)cc1. The number of anilines is 2. The molecule has 36 heavy (non-hydrogen) atoms. The molecule has 0 aromatic heterocycles. The van der Waals surface area contributed by atoms with Crippen molar-refractivity contribution in [3.8, 4) is 0 Å². The fourth-order valence-corrected chi connectivity index (χ4v) is 4.16. The molecule has 0 heterocycles. The van der Waals surface area contributed by atoms with Gasteiger partial charge in [-0.25, -0.2) is 0 Å². The van der Waals surface area contributed by atoms with E-state index in [9.17, 15) is 19.5 Å². The van der Waals surface area contributed by atoms with E-state index in [1.807, 2.05) is 54.6 Å². The van der Waals surface area contributed by atoms with Crippen molar-refractivity contribution in [2.75, 3.05) is 30.0 Å². The molecule has 0 aliphatic carbocycles. The normalized spacial score (nSPS) is 10.8. The lowest BCUT2D eigenvalue weighted by Gasteiger charge is -2.24. The first kappa shape index (κ1) is 27.0. The molecule has 3 N–H and O–H groups in total. The average Bonchev–Trinajstić information content (AvgIpc) is 2.90. The zero-order chi connectivity index (χ0) is 25.8. The minimum Gasteiger partial charge on any atom is -0.395 e.